The van der Waals surface area contributed by atoms with Crippen molar-refractivity contribution in [3.05, 3.63) is 75.3 Å². The van der Waals surface area contributed by atoms with Gasteiger partial charge in [-0.2, -0.15) is 0 Å². The Balaban J connectivity index is 1.49. The van der Waals surface area contributed by atoms with E-state index in [9.17, 15) is 9.59 Å². The quantitative estimate of drug-likeness (QED) is 0.605. The van der Waals surface area contributed by atoms with Crippen LogP contribution in [0.5, 0.6) is 0 Å². The molecule has 0 unspecified atom stereocenters. The van der Waals surface area contributed by atoms with Crippen LogP contribution < -0.4 is 5.56 Å². The highest BCUT2D eigenvalue weighted by Crippen LogP contribution is 2.35. The zero-order chi connectivity index (χ0) is 21.7. The summed E-state index contributed by atoms with van der Waals surface area (Å²) in [4.78, 5) is 41.2. The first-order chi connectivity index (χ1) is 14.9. The molecule has 1 atom stereocenters. The fraction of sp³-hybridized carbons (Fsp3) is 0.227. The fourth-order valence-corrected chi connectivity index (χ4v) is 4.69. The van der Waals surface area contributed by atoms with Crippen LogP contribution in [-0.2, 0) is 10.5 Å². The molecule has 0 spiro atoms. The lowest BCUT2D eigenvalue weighted by Crippen LogP contribution is -2.42. The molecule has 1 amide bonds. The van der Waals surface area contributed by atoms with Gasteiger partial charge in [0.05, 0.1) is 16.4 Å². The number of rotatable bonds is 3. The van der Waals surface area contributed by atoms with Crippen LogP contribution in [0.3, 0.4) is 0 Å². The van der Waals surface area contributed by atoms with E-state index in [4.69, 9.17) is 21.6 Å². The lowest BCUT2D eigenvalue weighted by molar-refractivity contribution is -0.125. The third kappa shape index (κ3) is 3.45. The average Bonchev–Trinajstić information content (AvgIpc) is 3.11. The second kappa shape index (κ2) is 7.62. The number of pyridine rings is 1. The van der Waals surface area contributed by atoms with Crippen LogP contribution in [0, 0.1) is 5.92 Å². The molecule has 1 aromatic carbocycles. The smallest absolute Gasteiger partial charge is 0.259 e. The second-order valence-electron chi connectivity index (χ2n) is 7.68. The number of hydrogen-bond acceptors (Lipinski definition) is 6. The average molecular weight is 452 g/mol. The molecule has 7 nitrogen and oxygen atoms in total. The first-order valence-corrected chi connectivity index (χ1v) is 11.2. The molecular weight excluding hydrogens is 434 g/mol. The lowest BCUT2D eigenvalue weighted by Gasteiger charge is -2.25. The topological polar surface area (TPSA) is 79.4 Å². The standard InChI is InChI=1S/C22H18ClN5O2S/c1-12(2)19-21(30)28-20(26-19)15-5-3-4-6-16(15)25-22(28)31-11-14-9-18(29)27-10-13(23)7-8-17(27)24-14/h3-10,12,19H,11H2,1-2H3/t19-/m0/s1. The number of halogens is 1. The summed E-state index contributed by atoms with van der Waals surface area (Å²) in [7, 11) is 0. The van der Waals surface area contributed by atoms with E-state index >= 15 is 0 Å². The summed E-state index contributed by atoms with van der Waals surface area (Å²) >= 11 is 7.34. The Morgan fingerprint density at radius 1 is 1.16 bits per heavy atom. The molecular formula is C22H18ClN5O2S. The van der Waals surface area contributed by atoms with Gasteiger partial charge in [-0.15, -0.1) is 0 Å². The summed E-state index contributed by atoms with van der Waals surface area (Å²) in [6.07, 6.45) is 1.54. The van der Waals surface area contributed by atoms with Crippen molar-refractivity contribution in [3.63, 3.8) is 0 Å². The van der Waals surface area contributed by atoms with Crippen molar-refractivity contribution in [2.45, 2.75) is 25.6 Å². The predicted octanol–water partition coefficient (Wildman–Crippen LogP) is 3.90. The number of aromatic nitrogens is 2. The SMILES string of the molecule is CC(C)[C@@H]1N=C2c3ccccc3N=C(SCc3cc(=O)n4cc(Cl)ccc4n3)N2C1=O. The van der Waals surface area contributed by atoms with E-state index in [1.54, 1.807) is 23.2 Å². The summed E-state index contributed by atoms with van der Waals surface area (Å²) in [6, 6.07) is 12.1. The van der Waals surface area contributed by atoms with E-state index < -0.39 is 6.04 Å². The van der Waals surface area contributed by atoms with Crippen LogP contribution in [0.4, 0.5) is 5.69 Å². The molecule has 0 saturated heterocycles. The van der Waals surface area contributed by atoms with E-state index in [1.807, 2.05) is 38.1 Å². The van der Waals surface area contributed by atoms with Gasteiger partial charge in [-0.25, -0.2) is 14.9 Å². The van der Waals surface area contributed by atoms with Crippen LogP contribution in [0.2, 0.25) is 5.02 Å². The zero-order valence-corrected chi connectivity index (χ0v) is 18.4. The van der Waals surface area contributed by atoms with Gasteiger partial charge in [-0.1, -0.05) is 49.3 Å². The van der Waals surface area contributed by atoms with Crippen molar-refractivity contribution >= 4 is 51.6 Å². The van der Waals surface area contributed by atoms with Crippen molar-refractivity contribution in [2.75, 3.05) is 0 Å². The summed E-state index contributed by atoms with van der Waals surface area (Å²) < 4.78 is 1.41. The summed E-state index contributed by atoms with van der Waals surface area (Å²) in [5.41, 5.74) is 2.53. The van der Waals surface area contributed by atoms with Gasteiger partial charge in [0, 0.05) is 23.6 Å². The maximum absolute atomic E-state index is 13.1. The van der Waals surface area contributed by atoms with Gasteiger partial charge in [0.25, 0.3) is 11.5 Å². The summed E-state index contributed by atoms with van der Waals surface area (Å²) in [6.45, 7) is 3.97. The molecule has 2 aromatic heterocycles. The minimum Gasteiger partial charge on any atom is -0.271 e. The van der Waals surface area contributed by atoms with Gasteiger partial charge in [0.1, 0.15) is 17.5 Å². The van der Waals surface area contributed by atoms with Crippen LogP contribution in [0.15, 0.2) is 63.4 Å². The minimum absolute atomic E-state index is 0.0769. The molecule has 0 bridgehead atoms. The number of carbonyl (C=O) groups is 1. The summed E-state index contributed by atoms with van der Waals surface area (Å²) in [5, 5.41) is 1.01. The summed E-state index contributed by atoms with van der Waals surface area (Å²) in [5.74, 6) is 1.03. The second-order valence-corrected chi connectivity index (χ2v) is 9.06. The molecule has 31 heavy (non-hydrogen) atoms. The number of amides is 1. The molecule has 0 saturated carbocycles. The van der Waals surface area contributed by atoms with Crippen LogP contribution in [-0.4, -0.2) is 37.2 Å². The van der Waals surface area contributed by atoms with Crippen molar-refractivity contribution in [2.24, 2.45) is 15.9 Å². The molecule has 5 rings (SSSR count). The molecule has 0 radical (unpaired) electrons. The Morgan fingerprint density at radius 3 is 2.77 bits per heavy atom. The molecule has 0 N–H and O–H groups in total. The molecule has 4 heterocycles. The first-order valence-electron chi connectivity index (χ1n) is 9.83. The number of hydrogen-bond donors (Lipinski definition) is 0. The van der Waals surface area contributed by atoms with Gasteiger partial charge in [0.15, 0.2) is 5.17 Å². The monoisotopic (exact) mass is 451 g/mol. The number of fused-ring (bicyclic) bond motifs is 4. The van der Waals surface area contributed by atoms with Crippen LogP contribution in [0.1, 0.15) is 25.1 Å². The van der Waals surface area contributed by atoms with Crippen molar-refractivity contribution in [1.29, 1.82) is 0 Å². The molecule has 156 valence electrons. The van der Waals surface area contributed by atoms with E-state index in [0.29, 0.717) is 33.1 Å². The van der Waals surface area contributed by atoms with Crippen LogP contribution >= 0.6 is 23.4 Å². The van der Waals surface area contributed by atoms with Gasteiger partial charge in [-0.05, 0) is 30.2 Å². The molecule has 2 aliphatic rings. The largest absolute Gasteiger partial charge is 0.271 e. The fourth-order valence-electron chi connectivity index (χ4n) is 3.64. The lowest BCUT2D eigenvalue weighted by atomic mass is 10.1. The van der Waals surface area contributed by atoms with E-state index in [0.717, 1.165) is 11.3 Å². The molecule has 9 heteroatoms. The van der Waals surface area contributed by atoms with Crippen molar-refractivity contribution in [3.8, 4) is 0 Å². The molecule has 3 aromatic rings. The highest BCUT2D eigenvalue weighted by atomic mass is 35.5. The third-order valence-corrected chi connectivity index (χ3v) is 6.35. The van der Waals surface area contributed by atoms with Crippen molar-refractivity contribution in [1.82, 2.24) is 14.3 Å². The maximum atomic E-state index is 13.1. The Bertz CT molecular complexity index is 1350. The highest BCUT2D eigenvalue weighted by molar-refractivity contribution is 8.13. The van der Waals surface area contributed by atoms with Crippen molar-refractivity contribution < 1.29 is 4.79 Å². The Morgan fingerprint density at radius 2 is 1.97 bits per heavy atom. The number of amidine groups is 2. The highest BCUT2D eigenvalue weighted by Gasteiger charge is 2.42. The molecule has 0 fully saturated rings. The van der Waals surface area contributed by atoms with Gasteiger partial charge in [-0.3, -0.25) is 19.0 Å². The number of carbonyl (C=O) groups excluding carboxylic acids is 1. The first kappa shape index (κ1) is 20.0. The normalized spacial score (nSPS) is 17.6. The van der Waals surface area contributed by atoms with Gasteiger partial charge < -0.3 is 0 Å². The van der Waals surface area contributed by atoms with E-state index in [-0.39, 0.29) is 17.4 Å². The van der Waals surface area contributed by atoms with Crippen LogP contribution in [0.25, 0.3) is 5.65 Å². The number of aliphatic imine (C=N–C) groups is 2. The van der Waals surface area contributed by atoms with Gasteiger partial charge >= 0.3 is 0 Å². The van der Waals surface area contributed by atoms with E-state index in [1.165, 1.54) is 22.2 Å². The number of para-hydroxylation sites is 1. The molecule has 2 aliphatic heterocycles. The van der Waals surface area contributed by atoms with E-state index in [2.05, 4.69) is 4.98 Å². The maximum Gasteiger partial charge on any atom is 0.259 e. The van der Waals surface area contributed by atoms with Gasteiger partial charge in [0.2, 0.25) is 0 Å². The predicted molar refractivity (Wildman–Crippen MR) is 123 cm³/mol. The Kier molecular flexibility index (Phi) is 4.91. The number of thioether (sulfide) groups is 1. The number of nitrogens with zero attached hydrogens (tertiary/aromatic N) is 5. The Labute approximate surface area is 187 Å². The zero-order valence-electron chi connectivity index (χ0n) is 16.8. The Hall–Kier alpha value is -2.97. The third-order valence-electron chi connectivity index (χ3n) is 5.16. The number of benzene rings is 1. The minimum atomic E-state index is -0.430. The molecule has 0 aliphatic carbocycles.